The second-order valence-electron chi connectivity index (χ2n) is 9.40. The third kappa shape index (κ3) is 5.80. The van der Waals surface area contributed by atoms with E-state index in [0.717, 1.165) is 49.0 Å². The lowest BCUT2D eigenvalue weighted by Gasteiger charge is -2.24. The van der Waals surface area contributed by atoms with Gasteiger partial charge in [-0.1, -0.05) is 31.2 Å². The van der Waals surface area contributed by atoms with Crippen LogP contribution in [0.1, 0.15) is 55.5 Å². The van der Waals surface area contributed by atoms with Gasteiger partial charge in [0.25, 0.3) is 5.91 Å². The summed E-state index contributed by atoms with van der Waals surface area (Å²) in [5, 5.41) is 9.82. The van der Waals surface area contributed by atoms with Crippen LogP contribution in [0.3, 0.4) is 0 Å². The molecule has 7 nitrogen and oxygen atoms in total. The molecule has 0 aliphatic carbocycles. The zero-order chi connectivity index (χ0) is 24.9. The van der Waals surface area contributed by atoms with Gasteiger partial charge in [0, 0.05) is 49.3 Å². The van der Waals surface area contributed by atoms with E-state index in [-0.39, 0.29) is 24.8 Å². The number of fused-ring (bicyclic) bond motifs is 1. The minimum absolute atomic E-state index is 0.0865. The maximum Gasteiger partial charge on any atom is 0.253 e. The summed E-state index contributed by atoms with van der Waals surface area (Å²) in [7, 11) is 0. The first-order valence-corrected chi connectivity index (χ1v) is 12.4. The van der Waals surface area contributed by atoms with Crippen LogP contribution in [0, 0.1) is 0 Å². The number of amidine groups is 1. The van der Waals surface area contributed by atoms with Gasteiger partial charge in [-0.2, -0.15) is 0 Å². The summed E-state index contributed by atoms with van der Waals surface area (Å²) >= 11 is 0. The van der Waals surface area contributed by atoms with Crippen molar-refractivity contribution in [2.75, 3.05) is 26.2 Å². The van der Waals surface area contributed by atoms with Crippen LogP contribution in [0.2, 0.25) is 0 Å². The number of hydrogen-bond donors (Lipinski definition) is 2. The number of aliphatic hydroxyl groups excluding tert-OH is 1. The van der Waals surface area contributed by atoms with Crippen LogP contribution >= 0.6 is 0 Å². The SMILES string of the molecule is CCCN(C[C@@H](C)O)C(=O)C1=Cc2ccc(-c3ccc(C(=O)N4CCCC4)cc3)cc2N=C(N)C1. The predicted molar refractivity (Wildman–Crippen MR) is 139 cm³/mol. The largest absolute Gasteiger partial charge is 0.392 e. The molecule has 0 saturated carbocycles. The average Bonchev–Trinajstić information content (AvgIpc) is 3.32. The number of hydrogen-bond acceptors (Lipinski definition) is 5. The Labute approximate surface area is 206 Å². The van der Waals surface area contributed by atoms with E-state index in [2.05, 4.69) is 4.99 Å². The molecule has 2 aliphatic rings. The van der Waals surface area contributed by atoms with Crippen molar-refractivity contribution < 1.29 is 14.7 Å². The van der Waals surface area contributed by atoms with Crippen molar-refractivity contribution in [2.45, 2.75) is 45.6 Å². The molecule has 2 aromatic carbocycles. The second kappa shape index (κ2) is 10.9. The standard InChI is InChI=1S/C28H34N4O3/c1-3-12-32(18-19(2)33)28(35)24-15-23-11-10-22(16-25(23)30-26(29)17-24)20-6-8-21(9-7-20)27(34)31-13-4-5-14-31/h6-11,15-16,19,33H,3-5,12-14,17-18H2,1-2H3,(H2,29,30)/t19-/m1/s1. The fourth-order valence-corrected chi connectivity index (χ4v) is 4.68. The Hall–Kier alpha value is -3.45. The monoisotopic (exact) mass is 474 g/mol. The number of aliphatic hydroxyl groups is 1. The number of amides is 2. The Morgan fingerprint density at radius 2 is 1.80 bits per heavy atom. The maximum atomic E-state index is 13.2. The molecule has 2 heterocycles. The summed E-state index contributed by atoms with van der Waals surface area (Å²) in [6, 6.07) is 13.6. The number of likely N-dealkylation sites (tertiary alicyclic amines) is 1. The summed E-state index contributed by atoms with van der Waals surface area (Å²) in [5.41, 5.74) is 10.9. The Bertz CT molecular complexity index is 1150. The quantitative estimate of drug-likeness (QED) is 0.634. The van der Waals surface area contributed by atoms with Crippen molar-refractivity contribution in [2.24, 2.45) is 10.7 Å². The van der Waals surface area contributed by atoms with Crippen molar-refractivity contribution >= 4 is 29.4 Å². The Morgan fingerprint density at radius 3 is 2.46 bits per heavy atom. The molecule has 2 aliphatic heterocycles. The highest BCUT2D eigenvalue weighted by Crippen LogP contribution is 2.32. The molecule has 2 amide bonds. The highest BCUT2D eigenvalue weighted by molar-refractivity contribution is 6.05. The van der Waals surface area contributed by atoms with Crippen LogP contribution in [-0.2, 0) is 4.79 Å². The van der Waals surface area contributed by atoms with E-state index < -0.39 is 6.10 Å². The summed E-state index contributed by atoms with van der Waals surface area (Å²) in [4.78, 5) is 34.0. The number of nitrogens with two attached hydrogens (primary N) is 1. The van der Waals surface area contributed by atoms with Gasteiger partial charge in [-0.05, 0) is 61.6 Å². The van der Waals surface area contributed by atoms with Crippen LogP contribution in [0.15, 0.2) is 53.0 Å². The minimum Gasteiger partial charge on any atom is -0.392 e. The summed E-state index contributed by atoms with van der Waals surface area (Å²) < 4.78 is 0. The highest BCUT2D eigenvalue weighted by atomic mass is 16.3. The van der Waals surface area contributed by atoms with Gasteiger partial charge in [0.2, 0.25) is 5.91 Å². The smallest absolute Gasteiger partial charge is 0.253 e. The Kier molecular flexibility index (Phi) is 7.66. The second-order valence-corrected chi connectivity index (χ2v) is 9.40. The van der Waals surface area contributed by atoms with Crippen LogP contribution in [-0.4, -0.2) is 64.8 Å². The first kappa shape index (κ1) is 24.7. The molecule has 0 bridgehead atoms. The van der Waals surface area contributed by atoms with Gasteiger partial charge in [-0.25, -0.2) is 4.99 Å². The molecule has 0 unspecified atom stereocenters. The number of rotatable bonds is 7. The molecular formula is C28H34N4O3. The first-order chi connectivity index (χ1) is 16.9. The van der Waals surface area contributed by atoms with Gasteiger partial charge in [0.15, 0.2) is 0 Å². The van der Waals surface area contributed by atoms with E-state index in [1.165, 1.54) is 0 Å². The van der Waals surface area contributed by atoms with E-state index in [0.29, 0.717) is 29.2 Å². The van der Waals surface area contributed by atoms with Gasteiger partial charge >= 0.3 is 0 Å². The van der Waals surface area contributed by atoms with E-state index in [1.54, 1.807) is 11.8 Å². The van der Waals surface area contributed by atoms with Crippen LogP contribution in [0.4, 0.5) is 5.69 Å². The molecule has 7 heteroatoms. The predicted octanol–water partition coefficient (Wildman–Crippen LogP) is 3.98. The zero-order valence-corrected chi connectivity index (χ0v) is 20.5. The van der Waals surface area contributed by atoms with E-state index in [4.69, 9.17) is 5.73 Å². The molecule has 35 heavy (non-hydrogen) atoms. The maximum absolute atomic E-state index is 13.2. The van der Waals surface area contributed by atoms with E-state index >= 15 is 0 Å². The molecule has 0 aromatic heterocycles. The first-order valence-electron chi connectivity index (χ1n) is 12.4. The molecular weight excluding hydrogens is 440 g/mol. The Morgan fingerprint density at radius 1 is 1.11 bits per heavy atom. The number of benzene rings is 2. The van der Waals surface area contributed by atoms with Gasteiger partial charge in [0.1, 0.15) is 5.84 Å². The molecule has 1 saturated heterocycles. The van der Waals surface area contributed by atoms with Crippen molar-refractivity contribution in [1.29, 1.82) is 0 Å². The topological polar surface area (TPSA) is 99.2 Å². The number of nitrogens with zero attached hydrogens (tertiary/aromatic N) is 3. The molecule has 184 valence electrons. The summed E-state index contributed by atoms with van der Waals surface area (Å²) in [5.74, 6) is 0.338. The van der Waals surface area contributed by atoms with Crippen LogP contribution in [0.5, 0.6) is 0 Å². The molecule has 0 spiro atoms. The lowest BCUT2D eigenvalue weighted by atomic mass is 9.99. The van der Waals surface area contributed by atoms with Gasteiger partial charge in [0.05, 0.1) is 11.8 Å². The molecule has 1 atom stereocenters. The third-order valence-corrected chi connectivity index (χ3v) is 6.39. The van der Waals surface area contributed by atoms with Crippen molar-refractivity contribution in [1.82, 2.24) is 9.80 Å². The fraction of sp³-hybridized carbons (Fsp3) is 0.393. The molecule has 1 fully saturated rings. The lowest BCUT2D eigenvalue weighted by molar-refractivity contribution is -0.128. The van der Waals surface area contributed by atoms with Crippen molar-refractivity contribution in [3.05, 3.63) is 59.2 Å². The molecule has 2 aromatic rings. The third-order valence-electron chi connectivity index (χ3n) is 6.39. The van der Waals surface area contributed by atoms with Gasteiger partial charge in [-0.3, -0.25) is 9.59 Å². The highest BCUT2D eigenvalue weighted by Gasteiger charge is 2.23. The summed E-state index contributed by atoms with van der Waals surface area (Å²) in [6.45, 7) is 6.20. The van der Waals surface area contributed by atoms with Crippen LogP contribution < -0.4 is 5.73 Å². The fourth-order valence-electron chi connectivity index (χ4n) is 4.68. The van der Waals surface area contributed by atoms with Crippen LogP contribution in [0.25, 0.3) is 17.2 Å². The lowest BCUT2D eigenvalue weighted by Crippen LogP contribution is -2.38. The van der Waals surface area contributed by atoms with Gasteiger partial charge < -0.3 is 20.6 Å². The van der Waals surface area contributed by atoms with E-state index in [9.17, 15) is 14.7 Å². The number of carbonyl (C=O) groups excluding carboxylic acids is 2. The van der Waals surface area contributed by atoms with Crippen molar-refractivity contribution in [3.63, 3.8) is 0 Å². The Balaban J connectivity index is 1.58. The normalized spacial score (nSPS) is 16.1. The molecule has 4 rings (SSSR count). The summed E-state index contributed by atoms with van der Waals surface area (Å²) in [6.07, 6.45) is 4.46. The minimum atomic E-state index is -0.602. The number of aliphatic imine (C=N–C) groups is 1. The molecule has 0 radical (unpaired) electrons. The van der Waals surface area contributed by atoms with Gasteiger partial charge in [-0.15, -0.1) is 0 Å². The van der Waals surface area contributed by atoms with E-state index in [1.807, 2.05) is 60.4 Å². The zero-order valence-electron chi connectivity index (χ0n) is 20.5. The average molecular weight is 475 g/mol. The van der Waals surface area contributed by atoms with Crippen molar-refractivity contribution in [3.8, 4) is 11.1 Å². The molecule has 3 N–H and O–H groups in total. The number of carbonyl (C=O) groups is 2.